The highest BCUT2D eigenvalue weighted by Crippen LogP contribution is 2.44. The fraction of sp³-hybridized carbons (Fsp3) is 0.824. The lowest BCUT2D eigenvalue weighted by molar-refractivity contribution is -0.122. The number of rotatable bonds is 7. The predicted molar refractivity (Wildman–Crippen MR) is 83.3 cm³/mol. The average molecular weight is 305 g/mol. The van der Waals surface area contributed by atoms with Crippen LogP contribution in [0.2, 0.25) is 0 Å². The molecule has 3 rings (SSSR count). The van der Waals surface area contributed by atoms with Crippen LogP contribution in [-0.2, 0) is 16.6 Å². The summed E-state index contributed by atoms with van der Waals surface area (Å²) < 4.78 is 5.26. The first-order chi connectivity index (χ1) is 10.4. The number of amides is 1. The maximum atomic E-state index is 12.1. The summed E-state index contributed by atoms with van der Waals surface area (Å²) in [5.74, 6) is 3.05. The Labute approximate surface area is 132 Å². The van der Waals surface area contributed by atoms with Gasteiger partial charge in [-0.2, -0.15) is 4.98 Å². The molecule has 2 aliphatic rings. The minimum absolute atomic E-state index is 0.0964. The fourth-order valence-corrected chi connectivity index (χ4v) is 2.85. The molecule has 0 spiro atoms. The smallest absolute Gasteiger partial charge is 0.226 e. The number of hydrogen-bond acceptors (Lipinski definition) is 4. The Kier molecular flexibility index (Phi) is 4.24. The molecule has 0 unspecified atom stereocenters. The molecule has 0 aliphatic heterocycles. The largest absolute Gasteiger partial charge is 0.353 e. The van der Waals surface area contributed by atoms with Gasteiger partial charge in [0.15, 0.2) is 5.82 Å². The zero-order valence-electron chi connectivity index (χ0n) is 13.9. The molecule has 0 radical (unpaired) electrons. The van der Waals surface area contributed by atoms with Crippen LogP contribution in [0.4, 0.5) is 0 Å². The lowest BCUT2D eigenvalue weighted by atomic mass is 9.96. The van der Waals surface area contributed by atoms with Gasteiger partial charge in [0.25, 0.3) is 0 Å². The number of aromatic nitrogens is 2. The van der Waals surface area contributed by atoms with E-state index in [1.54, 1.807) is 0 Å². The van der Waals surface area contributed by atoms with Gasteiger partial charge in [-0.15, -0.1) is 0 Å². The van der Waals surface area contributed by atoms with Crippen molar-refractivity contribution in [2.75, 3.05) is 0 Å². The number of carbonyl (C=O) groups excluding carboxylic acids is 1. The molecular formula is C17H27N3O2. The first kappa shape index (κ1) is 15.5. The van der Waals surface area contributed by atoms with E-state index in [1.807, 2.05) is 0 Å². The Morgan fingerprint density at radius 3 is 2.41 bits per heavy atom. The van der Waals surface area contributed by atoms with Gasteiger partial charge in [0, 0.05) is 24.3 Å². The van der Waals surface area contributed by atoms with Crippen molar-refractivity contribution in [3.05, 3.63) is 11.7 Å². The van der Waals surface area contributed by atoms with Crippen LogP contribution in [0, 0.1) is 11.8 Å². The van der Waals surface area contributed by atoms with E-state index in [1.165, 1.54) is 25.7 Å². The molecule has 1 heterocycles. The van der Waals surface area contributed by atoms with Crippen LogP contribution >= 0.6 is 0 Å². The van der Waals surface area contributed by atoms with Crippen molar-refractivity contribution in [3.8, 4) is 0 Å². The molecule has 1 amide bonds. The van der Waals surface area contributed by atoms with Gasteiger partial charge < -0.3 is 9.84 Å². The summed E-state index contributed by atoms with van der Waals surface area (Å²) in [7, 11) is 0. The normalized spacial score (nSPS) is 18.7. The minimum Gasteiger partial charge on any atom is -0.353 e. The Morgan fingerprint density at radius 1 is 1.27 bits per heavy atom. The van der Waals surface area contributed by atoms with Crippen molar-refractivity contribution in [1.29, 1.82) is 0 Å². The topological polar surface area (TPSA) is 68.0 Å². The molecule has 2 fully saturated rings. The molecular weight excluding hydrogens is 278 g/mol. The summed E-state index contributed by atoms with van der Waals surface area (Å²) in [5, 5.41) is 7.26. The SMILES string of the molecule is CC(C)(C)c1noc(CCCC(=O)NC(C2CC2)C2CC2)n1. The van der Waals surface area contributed by atoms with E-state index >= 15 is 0 Å². The van der Waals surface area contributed by atoms with Gasteiger partial charge >= 0.3 is 0 Å². The highest BCUT2D eigenvalue weighted by atomic mass is 16.5. The van der Waals surface area contributed by atoms with Crippen molar-refractivity contribution in [3.63, 3.8) is 0 Å². The molecule has 1 aromatic rings. The third-order valence-electron chi connectivity index (χ3n) is 4.52. The van der Waals surface area contributed by atoms with Gasteiger partial charge in [-0.1, -0.05) is 25.9 Å². The molecule has 22 heavy (non-hydrogen) atoms. The van der Waals surface area contributed by atoms with Crippen LogP contribution in [-0.4, -0.2) is 22.1 Å². The van der Waals surface area contributed by atoms with Crippen LogP contribution in [0.3, 0.4) is 0 Å². The van der Waals surface area contributed by atoms with Crippen molar-refractivity contribution >= 4 is 5.91 Å². The molecule has 0 atom stereocenters. The summed E-state index contributed by atoms with van der Waals surface area (Å²) in [5.41, 5.74) is -0.0964. The van der Waals surface area contributed by atoms with E-state index in [9.17, 15) is 4.79 Å². The van der Waals surface area contributed by atoms with E-state index in [4.69, 9.17) is 4.52 Å². The molecule has 2 aliphatic carbocycles. The Bertz CT molecular complexity index is 512. The zero-order valence-corrected chi connectivity index (χ0v) is 13.9. The van der Waals surface area contributed by atoms with Crippen LogP contribution < -0.4 is 5.32 Å². The first-order valence-corrected chi connectivity index (χ1v) is 8.56. The van der Waals surface area contributed by atoms with Crippen LogP contribution in [0.25, 0.3) is 0 Å². The second-order valence-corrected chi connectivity index (χ2v) is 7.88. The molecule has 122 valence electrons. The predicted octanol–water partition coefficient (Wildman–Crippen LogP) is 2.99. The maximum Gasteiger partial charge on any atom is 0.226 e. The molecule has 2 saturated carbocycles. The van der Waals surface area contributed by atoms with Crippen molar-refractivity contribution in [1.82, 2.24) is 15.5 Å². The highest BCUT2D eigenvalue weighted by Gasteiger charge is 2.42. The number of aryl methyl sites for hydroxylation is 1. The summed E-state index contributed by atoms with van der Waals surface area (Å²) in [6, 6.07) is 0.448. The van der Waals surface area contributed by atoms with Gasteiger partial charge in [-0.3, -0.25) is 4.79 Å². The van der Waals surface area contributed by atoms with E-state index in [-0.39, 0.29) is 11.3 Å². The van der Waals surface area contributed by atoms with E-state index in [0.717, 1.165) is 24.1 Å². The zero-order chi connectivity index (χ0) is 15.7. The standard InChI is InChI=1S/C17H27N3O2/c1-17(2,3)16-19-14(22-20-16)6-4-5-13(21)18-15(11-7-8-11)12-9-10-12/h11-12,15H,4-10H2,1-3H3,(H,18,21). The van der Waals surface area contributed by atoms with Crippen molar-refractivity contribution in [2.45, 2.75) is 77.2 Å². The van der Waals surface area contributed by atoms with Crippen LogP contribution in [0.15, 0.2) is 4.52 Å². The van der Waals surface area contributed by atoms with Gasteiger partial charge in [0.1, 0.15) is 0 Å². The number of hydrogen-bond donors (Lipinski definition) is 1. The Balaban J connectivity index is 1.40. The van der Waals surface area contributed by atoms with E-state index in [0.29, 0.717) is 24.8 Å². The second kappa shape index (κ2) is 6.01. The number of carbonyl (C=O) groups is 1. The minimum atomic E-state index is -0.0964. The van der Waals surface area contributed by atoms with Gasteiger partial charge in [0.2, 0.25) is 11.8 Å². The molecule has 5 nitrogen and oxygen atoms in total. The average Bonchev–Trinajstić information content (AvgIpc) is 3.35. The first-order valence-electron chi connectivity index (χ1n) is 8.56. The Hall–Kier alpha value is -1.39. The number of nitrogens with one attached hydrogen (secondary N) is 1. The monoisotopic (exact) mass is 305 g/mol. The second-order valence-electron chi connectivity index (χ2n) is 7.88. The van der Waals surface area contributed by atoms with Gasteiger partial charge in [0.05, 0.1) is 0 Å². The van der Waals surface area contributed by atoms with Crippen molar-refractivity contribution in [2.24, 2.45) is 11.8 Å². The molecule has 0 saturated heterocycles. The molecule has 5 heteroatoms. The van der Waals surface area contributed by atoms with Crippen LogP contribution in [0.5, 0.6) is 0 Å². The van der Waals surface area contributed by atoms with Crippen molar-refractivity contribution < 1.29 is 9.32 Å². The molecule has 1 aromatic heterocycles. The summed E-state index contributed by atoms with van der Waals surface area (Å²) >= 11 is 0. The third kappa shape index (κ3) is 4.08. The molecule has 0 bridgehead atoms. The third-order valence-corrected chi connectivity index (χ3v) is 4.52. The summed E-state index contributed by atoms with van der Waals surface area (Å²) in [4.78, 5) is 16.5. The lowest BCUT2D eigenvalue weighted by Crippen LogP contribution is -2.37. The summed E-state index contributed by atoms with van der Waals surface area (Å²) in [6.07, 6.45) is 7.15. The van der Waals surface area contributed by atoms with Gasteiger partial charge in [-0.25, -0.2) is 0 Å². The molecule has 1 N–H and O–H groups in total. The van der Waals surface area contributed by atoms with Crippen LogP contribution in [0.1, 0.15) is 71.0 Å². The Morgan fingerprint density at radius 2 is 1.91 bits per heavy atom. The molecule has 0 aromatic carbocycles. The number of nitrogens with zero attached hydrogens (tertiary/aromatic N) is 2. The fourth-order valence-electron chi connectivity index (χ4n) is 2.85. The highest BCUT2D eigenvalue weighted by molar-refractivity contribution is 5.76. The lowest BCUT2D eigenvalue weighted by Gasteiger charge is -2.17. The maximum absolute atomic E-state index is 12.1. The quantitative estimate of drug-likeness (QED) is 0.841. The van der Waals surface area contributed by atoms with E-state index in [2.05, 4.69) is 36.2 Å². The summed E-state index contributed by atoms with van der Waals surface area (Å²) in [6.45, 7) is 6.18. The van der Waals surface area contributed by atoms with E-state index < -0.39 is 0 Å². The van der Waals surface area contributed by atoms with Gasteiger partial charge in [-0.05, 0) is 43.9 Å².